The molecule has 34 heavy (non-hydrogen) atoms. The molecule has 180 valence electrons. The molecule has 0 bridgehead atoms. The maximum atomic E-state index is 13.0. The molecular formula is C25H29N3O4S2. The summed E-state index contributed by atoms with van der Waals surface area (Å²) < 4.78 is 32.8. The molecule has 1 unspecified atom stereocenters. The Hall–Kier alpha value is -2.46. The van der Waals surface area contributed by atoms with Crippen LogP contribution < -0.4 is 5.32 Å². The minimum Gasteiger partial charge on any atom is -0.379 e. The Balaban J connectivity index is 1.52. The van der Waals surface area contributed by atoms with Crippen LogP contribution in [0.5, 0.6) is 0 Å². The number of hydrogen-bond acceptors (Lipinski definition) is 6. The predicted octanol–water partition coefficient (Wildman–Crippen LogP) is 4.30. The summed E-state index contributed by atoms with van der Waals surface area (Å²) in [4.78, 5) is 17.7. The fourth-order valence-electron chi connectivity index (χ4n) is 3.80. The summed E-state index contributed by atoms with van der Waals surface area (Å²) in [6.07, 6.45) is 0. The zero-order valence-corrected chi connectivity index (χ0v) is 21.4. The molecule has 0 saturated carbocycles. The molecule has 0 radical (unpaired) electrons. The number of aryl methyl sites for hydroxylation is 3. The van der Waals surface area contributed by atoms with Gasteiger partial charge in [0, 0.05) is 24.2 Å². The first-order valence-electron chi connectivity index (χ1n) is 11.2. The second-order valence-electron chi connectivity index (χ2n) is 8.52. The van der Waals surface area contributed by atoms with Gasteiger partial charge in [-0.3, -0.25) is 4.79 Å². The lowest BCUT2D eigenvalue weighted by Gasteiger charge is -2.26. The maximum Gasteiger partial charge on any atom is 0.243 e. The molecular weight excluding hydrogens is 470 g/mol. The number of anilines is 1. The quantitative estimate of drug-likeness (QED) is 0.509. The summed E-state index contributed by atoms with van der Waals surface area (Å²) in [5.74, 6) is -0.0974. The number of fused-ring (bicyclic) bond motifs is 1. The Labute approximate surface area is 205 Å². The first kappa shape index (κ1) is 24.7. The van der Waals surface area contributed by atoms with Crippen LogP contribution >= 0.6 is 11.8 Å². The first-order chi connectivity index (χ1) is 16.1. The zero-order chi connectivity index (χ0) is 24.5. The highest BCUT2D eigenvalue weighted by molar-refractivity contribution is 8.00. The minimum atomic E-state index is -3.58. The van der Waals surface area contributed by atoms with E-state index in [4.69, 9.17) is 4.74 Å². The van der Waals surface area contributed by atoms with Gasteiger partial charge < -0.3 is 10.1 Å². The number of nitrogens with zero attached hydrogens (tertiary/aromatic N) is 2. The van der Waals surface area contributed by atoms with E-state index < -0.39 is 10.0 Å². The van der Waals surface area contributed by atoms with Crippen molar-refractivity contribution in [1.82, 2.24) is 9.29 Å². The van der Waals surface area contributed by atoms with E-state index >= 15 is 0 Å². The van der Waals surface area contributed by atoms with Gasteiger partial charge in [0.2, 0.25) is 15.9 Å². The van der Waals surface area contributed by atoms with Gasteiger partial charge in [-0.05, 0) is 80.8 Å². The number of thioether (sulfide) groups is 1. The molecule has 1 saturated heterocycles. The molecule has 4 rings (SSSR count). The number of ether oxygens (including phenoxy) is 1. The van der Waals surface area contributed by atoms with E-state index in [1.54, 1.807) is 18.2 Å². The molecule has 1 aromatic heterocycles. The summed E-state index contributed by atoms with van der Waals surface area (Å²) in [6, 6.07) is 12.8. The Morgan fingerprint density at radius 1 is 1.03 bits per heavy atom. The highest BCUT2D eigenvalue weighted by atomic mass is 32.2. The number of carbonyl (C=O) groups excluding carboxylic acids is 1. The van der Waals surface area contributed by atoms with E-state index in [0.717, 1.165) is 27.2 Å². The van der Waals surface area contributed by atoms with E-state index in [9.17, 15) is 13.2 Å². The number of amides is 1. The van der Waals surface area contributed by atoms with Gasteiger partial charge in [-0.15, -0.1) is 0 Å². The summed E-state index contributed by atoms with van der Waals surface area (Å²) >= 11 is 1.38. The van der Waals surface area contributed by atoms with Gasteiger partial charge in [-0.2, -0.15) is 4.31 Å². The van der Waals surface area contributed by atoms with Crippen LogP contribution in [0.4, 0.5) is 5.69 Å². The monoisotopic (exact) mass is 499 g/mol. The third-order valence-electron chi connectivity index (χ3n) is 6.01. The predicted molar refractivity (Wildman–Crippen MR) is 136 cm³/mol. The van der Waals surface area contributed by atoms with Gasteiger partial charge in [0.15, 0.2) is 0 Å². The van der Waals surface area contributed by atoms with E-state index in [-0.39, 0.29) is 16.1 Å². The molecule has 9 heteroatoms. The first-order valence-corrected chi connectivity index (χ1v) is 13.5. The smallest absolute Gasteiger partial charge is 0.243 e. The van der Waals surface area contributed by atoms with Gasteiger partial charge in [0.05, 0.1) is 33.9 Å². The number of carbonyl (C=O) groups is 1. The molecule has 0 aliphatic carbocycles. The van der Waals surface area contributed by atoms with Gasteiger partial charge in [-0.25, -0.2) is 13.4 Å². The Kier molecular flexibility index (Phi) is 7.28. The molecule has 1 aliphatic heterocycles. The molecule has 2 heterocycles. The van der Waals surface area contributed by atoms with Gasteiger partial charge in [0.1, 0.15) is 0 Å². The van der Waals surface area contributed by atoms with Crippen LogP contribution in [0.1, 0.15) is 23.6 Å². The standard InChI is InChI=1S/C25H29N3O4S2/c1-16-5-6-20(13-17(16)2)26-25(29)19(4)33-24-14-18(3)22-15-21(7-8-23(22)27-24)34(30,31)28-9-11-32-12-10-28/h5-8,13-15,19H,9-12H2,1-4H3,(H,26,29). The van der Waals surface area contributed by atoms with Crippen LogP contribution in [0.15, 0.2) is 52.4 Å². The van der Waals surface area contributed by atoms with E-state index in [2.05, 4.69) is 10.3 Å². The summed E-state index contributed by atoms with van der Waals surface area (Å²) in [7, 11) is -3.58. The number of benzene rings is 2. The lowest BCUT2D eigenvalue weighted by atomic mass is 10.1. The number of rotatable bonds is 6. The van der Waals surface area contributed by atoms with E-state index in [1.165, 1.54) is 21.6 Å². The molecule has 1 N–H and O–H groups in total. The number of pyridine rings is 1. The normalized spacial score (nSPS) is 15.9. The Bertz CT molecular complexity index is 1340. The molecule has 1 aliphatic rings. The van der Waals surface area contributed by atoms with Gasteiger partial charge in [0.25, 0.3) is 0 Å². The second-order valence-corrected chi connectivity index (χ2v) is 11.8. The van der Waals surface area contributed by atoms with Crippen molar-refractivity contribution in [2.45, 2.75) is 42.9 Å². The van der Waals surface area contributed by atoms with Crippen molar-refractivity contribution in [2.75, 3.05) is 31.6 Å². The fraction of sp³-hybridized carbons (Fsp3) is 0.360. The topological polar surface area (TPSA) is 88.6 Å². The van der Waals surface area contributed by atoms with Gasteiger partial charge >= 0.3 is 0 Å². The van der Waals surface area contributed by atoms with Crippen molar-refractivity contribution in [3.63, 3.8) is 0 Å². The largest absolute Gasteiger partial charge is 0.379 e. The summed E-state index contributed by atoms with van der Waals surface area (Å²) in [5.41, 5.74) is 4.69. The molecule has 1 atom stereocenters. The summed E-state index contributed by atoms with van der Waals surface area (Å²) in [6.45, 7) is 9.35. The van der Waals surface area contributed by atoms with Crippen LogP contribution in [-0.2, 0) is 19.6 Å². The molecule has 0 spiro atoms. The Morgan fingerprint density at radius 2 is 1.76 bits per heavy atom. The van der Waals surface area contributed by atoms with Crippen molar-refractivity contribution in [3.05, 3.63) is 59.2 Å². The maximum absolute atomic E-state index is 13.0. The van der Waals surface area contributed by atoms with Crippen molar-refractivity contribution in [3.8, 4) is 0 Å². The lowest BCUT2D eigenvalue weighted by molar-refractivity contribution is -0.115. The van der Waals surface area contributed by atoms with Crippen molar-refractivity contribution >= 4 is 44.3 Å². The second kappa shape index (κ2) is 10.0. The highest BCUT2D eigenvalue weighted by Gasteiger charge is 2.27. The lowest BCUT2D eigenvalue weighted by Crippen LogP contribution is -2.40. The number of sulfonamides is 1. The molecule has 1 amide bonds. The average molecular weight is 500 g/mol. The average Bonchev–Trinajstić information content (AvgIpc) is 2.81. The van der Waals surface area contributed by atoms with Crippen LogP contribution in [-0.4, -0.2) is 55.2 Å². The number of aromatic nitrogens is 1. The van der Waals surface area contributed by atoms with Crippen molar-refractivity contribution in [2.24, 2.45) is 0 Å². The third kappa shape index (κ3) is 5.27. The fourth-order valence-corrected chi connectivity index (χ4v) is 6.16. The third-order valence-corrected chi connectivity index (χ3v) is 8.93. The zero-order valence-electron chi connectivity index (χ0n) is 19.8. The number of morpholine rings is 1. The van der Waals surface area contributed by atoms with Crippen LogP contribution in [0, 0.1) is 20.8 Å². The van der Waals surface area contributed by atoms with Gasteiger partial charge in [-0.1, -0.05) is 17.8 Å². The molecule has 2 aromatic carbocycles. The van der Waals surface area contributed by atoms with Crippen LogP contribution in [0.2, 0.25) is 0 Å². The number of nitrogens with one attached hydrogen (secondary N) is 1. The van der Waals surface area contributed by atoms with E-state index in [0.29, 0.717) is 31.8 Å². The van der Waals surface area contributed by atoms with E-state index in [1.807, 2.05) is 52.0 Å². The molecule has 1 fully saturated rings. The van der Waals surface area contributed by atoms with Crippen molar-refractivity contribution < 1.29 is 17.9 Å². The molecule has 7 nitrogen and oxygen atoms in total. The highest BCUT2D eigenvalue weighted by Crippen LogP contribution is 2.29. The Morgan fingerprint density at radius 3 is 2.47 bits per heavy atom. The van der Waals surface area contributed by atoms with Crippen LogP contribution in [0.25, 0.3) is 10.9 Å². The van der Waals surface area contributed by atoms with Crippen molar-refractivity contribution in [1.29, 1.82) is 0 Å². The molecule has 3 aromatic rings. The van der Waals surface area contributed by atoms with Crippen LogP contribution in [0.3, 0.4) is 0 Å². The number of hydrogen-bond donors (Lipinski definition) is 1. The summed E-state index contributed by atoms with van der Waals surface area (Å²) in [5, 5.41) is 4.12. The minimum absolute atomic E-state index is 0.0974. The SMILES string of the molecule is Cc1ccc(NC(=O)C(C)Sc2cc(C)c3cc(S(=O)(=O)N4CCOCC4)ccc3n2)cc1C.